The molecule has 0 aliphatic heterocycles. The maximum atomic E-state index is 12.9. The van der Waals surface area contributed by atoms with Gasteiger partial charge in [-0.1, -0.05) is 60.8 Å². The van der Waals surface area contributed by atoms with Crippen LogP contribution in [0.3, 0.4) is 0 Å². The van der Waals surface area contributed by atoms with E-state index in [-0.39, 0.29) is 22.4 Å². The predicted molar refractivity (Wildman–Crippen MR) is 120 cm³/mol. The van der Waals surface area contributed by atoms with E-state index in [0.29, 0.717) is 22.6 Å². The Balaban J connectivity index is 2.28. The van der Waals surface area contributed by atoms with Gasteiger partial charge in [0.25, 0.3) is 0 Å². The van der Waals surface area contributed by atoms with Gasteiger partial charge in [-0.15, -0.1) is 0 Å². The second-order valence-corrected chi connectivity index (χ2v) is 6.71. The Hall–Kier alpha value is -3.69. The zero-order valence-corrected chi connectivity index (χ0v) is 17.5. The number of esters is 1. The van der Waals surface area contributed by atoms with E-state index in [2.05, 4.69) is 11.1 Å². The molecule has 6 heteroatoms. The number of hydrogen-bond donors (Lipinski definition) is 1. The number of nitriles is 1. The standard InChI is InChI=1S/C24H20N2O3S/c1-3-29-24(27)22-20(14-9-16-7-5-4-6-8-16)26-23(30)19(15-25)21(22)17-10-12-18(28-2)13-11-17/h4-14H,3H2,1-2H3,(H,26,30)/b14-9+. The number of methoxy groups -OCH3 is 1. The van der Waals surface area contributed by atoms with Crippen molar-refractivity contribution in [3.63, 3.8) is 0 Å². The molecule has 1 heterocycles. The topological polar surface area (TPSA) is 75.1 Å². The highest BCUT2D eigenvalue weighted by atomic mass is 32.1. The summed E-state index contributed by atoms with van der Waals surface area (Å²) in [6.45, 7) is 1.95. The fourth-order valence-corrected chi connectivity index (χ4v) is 3.32. The average Bonchev–Trinajstić information content (AvgIpc) is 2.78. The third-order valence-electron chi connectivity index (χ3n) is 4.46. The van der Waals surface area contributed by atoms with Gasteiger partial charge in [-0.2, -0.15) is 5.26 Å². The van der Waals surface area contributed by atoms with Crippen LogP contribution in [0.1, 0.15) is 34.1 Å². The summed E-state index contributed by atoms with van der Waals surface area (Å²) in [5.41, 5.74) is 3.03. The van der Waals surface area contributed by atoms with Crippen molar-refractivity contribution in [2.24, 2.45) is 0 Å². The van der Waals surface area contributed by atoms with Crippen LogP contribution in [0, 0.1) is 16.0 Å². The minimum Gasteiger partial charge on any atom is -0.497 e. The number of hydrogen-bond acceptors (Lipinski definition) is 5. The lowest BCUT2D eigenvalue weighted by Crippen LogP contribution is -2.12. The number of benzene rings is 2. The summed E-state index contributed by atoms with van der Waals surface area (Å²) in [6, 6.07) is 18.9. The first-order valence-corrected chi connectivity index (χ1v) is 9.75. The second kappa shape index (κ2) is 9.68. The van der Waals surface area contributed by atoms with Gasteiger partial charge in [-0.3, -0.25) is 0 Å². The predicted octanol–water partition coefficient (Wildman–Crippen LogP) is 5.64. The summed E-state index contributed by atoms with van der Waals surface area (Å²) in [6.07, 6.45) is 3.64. The molecule has 0 radical (unpaired) electrons. The van der Waals surface area contributed by atoms with Crippen LogP contribution in [0.2, 0.25) is 0 Å². The molecule has 1 N–H and O–H groups in total. The van der Waals surface area contributed by atoms with Crippen LogP contribution in [-0.4, -0.2) is 24.7 Å². The van der Waals surface area contributed by atoms with E-state index in [1.165, 1.54) is 0 Å². The second-order valence-electron chi connectivity index (χ2n) is 6.30. The molecule has 0 amide bonds. The first-order valence-electron chi connectivity index (χ1n) is 9.34. The summed E-state index contributed by atoms with van der Waals surface area (Å²) < 4.78 is 10.8. The summed E-state index contributed by atoms with van der Waals surface area (Å²) in [5, 5.41) is 9.76. The number of carbonyl (C=O) groups is 1. The number of nitrogens with one attached hydrogen (secondary N) is 1. The Labute approximate surface area is 180 Å². The number of nitrogens with zero attached hydrogens (tertiary/aromatic N) is 1. The van der Waals surface area contributed by atoms with Crippen LogP contribution in [0.4, 0.5) is 0 Å². The molecule has 30 heavy (non-hydrogen) atoms. The van der Waals surface area contributed by atoms with Crippen molar-refractivity contribution in [2.45, 2.75) is 6.92 Å². The number of carbonyl (C=O) groups excluding carboxylic acids is 1. The van der Waals surface area contributed by atoms with Gasteiger partial charge in [0.15, 0.2) is 0 Å². The zero-order chi connectivity index (χ0) is 21.5. The van der Waals surface area contributed by atoms with Crippen LogP contribution in [0.5, 0.6) is 5.75 Å². The highest BCUT2D eigenvalue weighted by Crippen LogP contribution is 2.32. The lowest BCUT2D eigenvalue weighted by Gasteiger charge is -2.15. The van der Waals surface area contributed by atoms with Gasteiger partial charge in [0.2, 0.25) is 0 Å². The molecular weight excluding hydrogens is 396 g/mol. The quantitative estimate of drug-likeness (QED) is 0.416. The van der Waals surface area contributed by atoms with E-state index in [9.17, 15) is 10.1 Å². The molecule has 1 aromatic heterocycles. The van der Waals surface area contributed by atoms with Crippen molar-refractivity contribution >= 4 is 30.3 Å². The fourth-order valence-electron chi connectivity index (χ4n) is 3.06. The lowest BCUT2D eigenvalue weighted by molar-refractivity contribution is 0.0526. The van der Waals surface area contributed by atoms with Gasteiger partial charge in [-0.05, 0) is 36.3 Å². The van der Waals surface area contributed by atoms with Gasteiger partial charge in [0.05, 0.1) is 30.5 Å². The van der Waals surface area contributed by atoms with Gasteiger partial charge >= 0.3 is 5.97 Å². The van der Waals surface area contributed by atoms with E-state index in [1.54, 1.807) is 44.4 Å². The van der Waals surface area contributed by atoms with Crippen molar-refractivity contribution in [1.29, 1.82) is 5.26 Å². The monoisotopic (exact) mass is 416 g/mol. The Kier molecular flexibility index (Phi) is 6.79. The first-order chi connectivity index (χ1) is 14.6. The fraction of sp³-hybridized carbons (Fsp3) is 0.125. The third-order valence-corrected chi connectivity index (χ3v) is 4.76. The van der Waals surface area contributed by atoms with Gasteiger partial charge in [0, 0.05) is 5.56 Å². The number of rotatable bonds is 6. The lowest BCUT2D eigenvalue weighted by atomic mass is 9.94. The molecule has 3 rings (SSSR count). The van der Waals surface area contributed by atoms with E-state index in [1.807, 2.05) is 36.4 Å². The molecule has 0 aliphatic rings. The maximum absolute atomic E-state index is 12.9. The Morgan fingerprint density at radius 1 is 1.13 bits per heavy atom. The van der Waals surface area contributed by atoms with Crippen molar-refractivity contribution < 1.29 is 14.3 Å². The summed E-state index contributed by atoms with van der Waals surface area (Å²) in [7, 11) is 1.57. The van der Waals surface area contributed by atoms with Crippen LogP contribution in [0.15, 0.2) is 54.6 Å². The number of pyridine rings is 1. The Morgan fingerprint density at radius 3 is 2.43 bits per heavy atom. The molecule has 5 nitrogen and oxygen atoms in total. The molecule has 3 aromatic rings. The Bertz CT molecular complexity index is 1170. The zero-order valence-electron chi connectivity index (χ0n) is 16.6. The molecule has 0 unspecified atom stereocenters. The van der Waals surface area contributed by atoms with E-state index >= 15 is 0 Å². The average molecular weight is 417 g/mol. The number of ether oxygens (including phenoxy) is 2. The molecular formula is C24H20N2O3S. The van der Waals surface area contributed by atoms with E-state index in [4.69, 9.17) is 21.7 Å². The van der Waals surface area contributed by atoms with Crippen LogP contribution >= 0.6 is 12.2 Å². The molecule has 150 valence electrons. The number of aromatic amines is 1. The smallest absolute Gasteiger partial charge is 0.340 e. The normalized spacial score (nSPS) is 10.6. The van der Waals surface area contributed by atoms with Crippen molar-refractivity contribution in [1.82, 2.24) is 4.98 Å². The van der Waals surface area contributed by atoms with Crippen LogP contribution in [0.25, 0.3) is 23.3 Å². The van der Waals surface area contributed by atoms with Crippen LogP contribution in [-0.2, 0) is 4.74 Å². The van der Waals surface area contributed by atoms with Gasteiger partial charge in [-0.25, -0.2) is 4.79 Å². The SMILES string of the molecule is CCOC(=O)c1c(/C=C/c2ccccc2)[nH]c(=S)c(C#N)c1-c1ccc(OC)cc1. The highest BCUT2D eigenvalue weighted by Gasteiger charge is 2.23. The molecule has 0 spiro atoms. The largest absolute Gasteiger partial charge is 0.497 e. The Morgan fingerprint density at radius 2 is 1.83 bits per heavy atom. The molecule has 0 fully saturated rings. The number of H-pyrrole nitrogens is 1. The summed E-state index contributed by atoms with van der Waals surface area (Å²) in [5.74, 6) is 0.138. The molecule has 0 saturated heterocycles. The minimum atomic E-state index is -0.529. The highest BCUT2D eigenvalue weighted by molar-refractivity contribution is 7.71. The minimum absolute atomic E-state index is 0.209. The van der Waals surface area contributed by atoms with Crippen LogP contribution < -0.4 is 4.74 Å². The molecule has 0 saturated carbocycles. The third kappa shape index (κ3) is 4.48. The van der Waals surface area contributed by atoms with E-state index in [0.717, 1.165) is 5.56 Å². The van der Waals surface area contributed by atoms with E-state index < -0.39 is 5.97 Å². The molecule has 0 bridgehead atoms. The molecule has 0 aliphatic carbocycles. The van der Waals surface area contributed by atoms with Gasteiger partial charge in [0.1, 0.15) is 16.5 Å². The molecule has 0 atom stereocenters. The van der Waals surface area contributed by atoms with Crippen molar-refractivity contribution in [3.8, 4) is 22.9 Å². The van der Waals surface area contributed by atoms with Crippen molar-refractivity contribution in [3.05, 3.63) is 81.6 Å². The molecule has 2 aromatic carbocycles. The first kappa shape index (κ1) is 21.0. The maximum Gasteiger partial charge on any atom is 0.340 e. The van der Waals surface area contributed by atoms with Gasteiger partial charge < -0.3 is 14.5 Å². The van der Waals surface area contributed by atoms with Crippen molar-refractivity contribution in [2.75, 3.05) is 13.7 Å². The summed E-state index contributed by atoms with van der Waals surface area (Å²) >= 11 is 5.43. The number of aromatic nitrogens is 1. The summed E-state index contributed by atoms with van der Waals surface area (Å²) in [4.78, 5) is 15.9.